The number of ether oxygens (including phenoxy) is 7. The summed E-state index contributed by atoms with van der Waals surface area (Å²) in [5.41, 5.74) is 0.462. The van der Waals surface area contributed by atoms with E-state index in [1.165, 1.54) is 46.6 Å². The summed E-state index contributed by atoms with van der Waals surface area (Å²) < 4.78 is 87.1. The normalized spacial score (nSPS) is 11.2. The van der Waals surface area contributed by atoms with Gasteiger partial charge in [-0.1, -0.05) is 0 Å². The molecule has 0 bridgehead atoms. The summed E-state index contributed by atoms with van der Waals surface area (Å²) in [4.78, 5) is 26.0. The second-order valence-corrected chi connectivity index (χ2v) is 9.95. The Labute approximate surface area is 279 Å². The van der Waals surface area contributed by atoms with Crippen molar-refractivity contribution in [3.05, 3.63) is 46.9 Å². The molecule has 0 unspecified atom stereocenters. The molecule has 45 heavy (non-hydrogen) atoms. The van der Waals surface area contributed by atoms with Crippen LogP contribution in [0.2, 0.25) is 0 Å². The zero-order chi connectivity index (χ0) is 32.0. The molecule has 238 valence electrons. The monoisotopic (exact) mass is 660 g/mol. The standard InChI is InChI=1S/C28H30O15S.Na/c1-15-25(27(29)38-8-6-34-2)16-10-22(20(36-4)12-18(16)41-15)40-14-24-26(28(30)39-9-7-35-3)17-11-23(43-44(31,32)33)21(37-5)13-19(17)42-24;/h10-13H,6-9,14H2,1-5H3,(H,31,32,33);/q;+1/p-1. The fraction of sp³-hybridized carbons (Fsp3) is 0.357. The van der Waals surface area contributed by atoms with E-state index in [4.69, 9.17) is 42.0 Å². The van der Waals surface area contributed by atoms with Crippen LogP contribution in [0.4, 0.5) is 0 Å². The van der Waals surface area contributed by atoms with Gasteiger partial charge in [0, 0.05) is 37.1 Å². The molecular weight excluding hydrogens is 631 g/mol. The average molecular weight is 661 g/mol. The molecule has 4 aromatic rings. The summed E-state index contributed by atoms with van der Waals surface area (Å²) in [6.45, 7) is 1.48. The predicted octanol–water partition coefficient (Wildman–Crippen LogP) is 0.533. The average Bonchev–Trinajstić information content (AvgIpc) is 3.49. The molecule has 2 heterocycles. The maximum Gasteiger partial charge on any atom is 1.00 e. The van der Waals surface area contributed by atoms with Gasteiger partial charge in [0.25, 0.3) is 10.4 Å². The van der Waals surface area contributed by atoms with Gasteiger partial charge < -0.3 is 50.7 Å². The Hall–Kier alpha value is -3.51. The molecule has 0 aliphatic rings. The van der Waals surface area contributed by atoms with Gasteiger partial charge >= 0.3 is 41.5 Å². The van der Waals surface area contributed by atoms with E-state index in [0.29, 0.717) is 16.7 Å². The number of carbonyl (C=O) groups is 2. The molecule has 0 N–H and O–H groups in total. The van der Waals surface area contributed by atoms with E-state index < -0.39 is 28.1 Å². The van der Waals surface area contributed by atoms with Gasteiger partial charge in [-0.05, 0) is 19.1 Å². The van der Waals surface area contributed by atoms with Crippen molar-refractivity contribution in [2.24, 2.45) is 0 Å². The molecule has 15 nitrogen and oxygen atoms in total. The van der Waals surface area contributed by atoms with Crippen molar-refractivity contribution in [2.75, 3.05) is 54.9 Å². The van der Waals surface area contributed by atoms with Gasteiger partial charge in [0.1, 0.15) is 47.9 Å². The first-order chi connectivity index (χ1) is 21.0. The Bertz CT molecular complexity index is 1770. The van der Waals surface area contributed by atoms with Crippen molar-refractivity contribution in [2.45, 2.75) is 13.5 Å². The minimum atomic E-state index is -5.19. The molecule has 0 atom stereocenters. The first kappa shape index (κ1) is 36.0. The van der Waals surface area contributed by atoms with Crippen molar-refractivity contribution in [3.8, 4) is 23.0 Å². The van der Waals surface area contributed by atoms with Gasteiger partial charge in [-0.3, -0.25) is 0 Å². The van der Waals surface area contributed by atoms with Crippen LogP contribution < -0.4 is 48.0 Å². The third-order valence-electron chi connectivity index (χ3n) is 6.20. The molecule has 0 amide bonds. The van der Waals surface area contributed by atoms with Crippen LogP contribution in [0.15, 0.2) is 33.1 Å². The SMILES string of the molecule is COCCOC(=O)c1c(C)oc2cc(OC)c(OCc3oc4cc(OC)c(OS(=O)(=O)[O-])cc4c3C(=O)OCCOC)cc12.[Na+]. The van der Waals surface area contributed by atoms with E-state index in [2.05, 4.69) is 4.18 Å². The molecule has 4 rings (SSSR count). The third kappa shape index (κ3) is 8.40. The van der Waals surface area contributed by atoms with Crippen LogP contribution in [-0.4, -0.2) is 79.8 Å². The third-order valence-corrected chi connectivity index (χ3v) is 6.58. The maximum atomic E-state index is 13.2. The Morgan fingerprint density at radius 3 is 1.80 bits per heavy atom. The van der Waals surface area contributed by atoms with Gasteiger partial charge in [-0.2, -0.15) is 0 Å². The number of rotatable bonds is 15. The summed E-state index contributed by atoms with van der Waals surface area (Å²) >= 11 is 0. The van der Waals surface area contributed by atoms with Gasteiger partial charge in [0.05, 0.1) is 27.4 Å². The summed E-state index contributed by atoms with van der Waals surface area (Å²) in [5, 5.41) is 0.439. The Balaban J connectivity index is 0.00000552. The number of hydrogen-bond donors (Lipinski definition) is 0. The minimum absolute atomic E-state index is 0. The van der Waals surface area contributed by atoms with Crippen LogP contribution in [0.25, 0.3) is 21.9 Å². The second kappa shape index (κ2) is 15.7. The van der Waals surface area contributed by atoms with E-state index in [0.717, 1.165) is 6.07 Å². The molecule has 2 aromatic heterocycles. The van der Waals surface area contributed by atoms with Crippen LogP contribution >= 0.6 is 0 Å². The zero-order valence-corrected chi connectivity index (χ0v) is 28.2. The largest absolute Gasteiger partial charge is 1.00 e. The molecule has 0 spiro atoms. The smallest absolute Gasteiger partial charge is 0.716 e. The van der Waals surface area contributed by atoms with Crippen LogP contribution in [-0.2, 0) is 36.0 Å². The van der Waals surface area contributed by atoms with E-state index in [1.807, 2.05) is 0 Å². The number of hydrogen-bond acceptors (Lipinski definition) is 15. The summed E-state index contributed by atoms with van der Waals surface area (Å²) in [6, 6.07) is 5.39. The number of methoxy groups -OCH3 is 4. The van der Waals surface area contributed by atoms with Crippen molar-refractivity contribution in [1.82, 2.24) is 0 Å². The number of esters is 2. The number of carbonyl (C=O) groups excluding carboxylic acids is 2. The molecule has 0 aliphatic carbocycles. The number of fused-ring (bicyclic) bond motifs is 2. The summed E-state index contributed by atoms with van der Waals surface area (Å²) in [6.07, 6.45) is 0. The number of aryl methyl sites for hydroxylation is 1. The first-order valence-electron chi connectivity index (χ1n) is 12.9. The van der Waals surface area contributed by atoms with E-state index in [9.17, 15) is 22.6 Å². The van der Waals surface area contributed by atoms with E-state index >= 15 is 0 Å². The number of furan rings is 2. The van der Waals surface area contributed by atoms with Gasteiger partial charge in [0.15, 0.2) is 28.8 Å². The van der Waals surface area contributed by atoms with Crippen molar-refractivity contribution in [3.63, 3.8) is 0 Å². The Morgan fingerprint density at radius 2 is 1.24 bits per heavy atom. The maximum absolute atomic E-state index is 13.2. The van der Waals surface area contributed by atoms with Crippen LogP contribution in [0, 0.1) is 6.92 Å². The van der Waals surface area contributed by atoms with E-state index in [1.54, 1.807) is 6.92 Å². The van der Waals surface area contributed by atoms with Crippen molar-refractivity contribution < 1.29 is 98.3 Å². The zero-order valence-electron chi connectivity index (χ0n) is 25.4. The molecule has 0 fully saturated rings. The van der Waals surface area contributed by atoms with Crippen molar-refractivity contribution >= 4 is 44.3 Å². The molecule has 0 aliphatic heterocycles. The summed E-state index contributed by atoms with van der Waals surface area (Å²) in [5.74, 6) is -1.42. The molecule has 0 saturated heterocycles. The van der Waals surface area contributed by atoms with Crippen LogP contribution in [0.5, 0.6) is 23.0 Å². The topological polar surface area (TPSA) is 191 Å². The predicted molar refractivity (Wildman–Crippen MR) is 149 cm³/mol. The van der Waals surface area contributed by atoms with Gasteiger partial charge in [-0.15, -0.1) is 0 Å². The Kier molecular flexibility index (Phi) is 12.5. The second-order valence-electron chi connectivity index (χ2n) is 8.97. The van der Waals surface area contributed by atoms with Gasteiger partial charge in [0.2, 0.25) is 0 Å². The van der Waals surface area contributed by atoms with E-state index in [-0.39, 0.29) is 108 Å². The molecular formula is C28H29NaO15S. The first-order valence-corrected chi connectivity index (χ1v) is 14.2. The summed E-state index contributed by atoms with van der Waals surface area (Å²) in [7, 11) is 0.347. The van der Waals surface area contributed by atoms with Gasteiger partial charge in [-0.25, -0.2) is 18.0 Å². The van der Waals surface area contributed by atoms with Crippen LogP contribution in [0.1, 0.15) is 32.2 Å². The van der Waals surface area contributed by atoms with Crippen LogP contribution in [0.3, 0.4) is 0 Å². The molecule has 0 radical (unpaired) electrons. The minimum Gasteiger partial charge on any atom is -0.716 e. The quantitative estimate of drug-likeness (QED) is 0.0564. The fourth-order valence-electron chi connectivity index (χ4n) is 4.29. The molecule has 17 heteroatoms. The number of benzene rings is 2. The molecule has 0 saturated carbocycles. The molecule has 2 aromatic carbocycles. The Morgan fingerprint density at radius 1 is 0.733 bits per heavy atom. The fourth-order valence-corrected chi connectivity index (χ4v) is 4.64. The van der Waals surface area contributed by atoms with Crippen molar-refractivity contribution in [1.29, 1.82) is 0 Å².